The second-order valence-corrected chi connectivity index (χ2v) is 11.7. The molecule has 0 spiro atoms. The van der Waals surface area contributed by atoms with Crippen molar-refractivity contribution in [3.8, 4) is 11.1 Å². The Hall–Kier alpha value is -5.25. The minimum atomic E-state index is -1.02. The van der Waals surface area contributed by atoms with E-state index in [1.807, 2.05) is 86.6 Å². The fourth-order valence-corrected chi connectivity index (χ4v) is 5.70. The maximum atomic E-state index is 14.0. The summed E-state index contributed by atoms with van der Waals surface area (Å²) in [6, 6.07) is 30.1. The molecule has 5 aromatic rings. The van der Waals surface area contributed by atoms with Crippen molar-refractivity contribution in [1.29, 1.82) is 0 Å². The first kappa shape index (κ1) is 30.8. The van der Waals surface area contributed by atoms with Crippen LogP contribution in [0.25, 0.3) is 11.1 Å². The smallest absolute Gasteiger partial charge is 0.333 e. The first-order chi connectivity index (χ1) is 22.3. The second kappa shape index (κ2) is 13.4. The normalized spacial score (nSPS) is 14.9. The van der Waals surface area contributed by atoms with Gasteiger partial charge in [-0.05, 0) is 71.5 Å². The molecule has 0 aliphatic carbocycles. The topological polar surface area (TPSA) is 90.9 Å². The summed E-state index contributed by atoms with van der Waals surface area (Å²) in [4.78, 5) is 38.0. The Bertz CT molecular complexity index is 1990. The van der Waals surface area contributed by atoms with Gasteiger partial charge in [0.15, 0.2) is 5.92 Å². The Labute approximate surface area is 277 Å². The Morgan fingerprint density at radius 1 is 0.957 bits per heavy atom. The highest BCUT2D eigenvalue weighted by Gasteiger charge is 2.47. The molecule has 1 aliphatic rings. The number of aromatic nitrogens is 2. The van der Waals surface area contributed by atoms with Gasteiger partial charge in [-0.2, -0.15) is 14.6 Å². The van der Waals surface area contributed by atoms with Gasteiger partial charge in [0, 0.05) is 23.0 Å². The number of rotatable bonds is 7. The van der Waals surface area contributed by atoms with Crippen LogP contribution in [0.15, 0.2) is 120 Å². The Morgan fingerprint density at radius 3 is 2.46 bits per heavy atom. The van der Waals surface area contributed by atoms with Crippen molar-refractivity contribution >= 4 is 58.9 Å². The third-order valence-electron chi connectivity index (χ3n) is 7.71. The van der Waals surface area contributed by atoms with Crippen molar-refractivity contribution in [3.63, 3.8) is 0 Å². The molecule has 1 amide bonds. The number of hydrogen-bond donors (Lipinski definition) is 1. The molecule has 1 aliphatic heterocycles. The van der Waals surface area contributed by atoms with Gasteiger partial charge in [0.1, 0.15) is 11.7 Å². The minimum Gasteiger partial charge on any atom is -0.741 e. The van der Waals surface area contributed by atoms with Crippen LogP contribution in [0.2, 0.25) is 5.15 Å². The fraction of sp³-hybridized carbons (Fsp3) is 0.111. The molecule has 228 valence electrons. The Balaban J connectivity index is 1.25. The lowest BCUT2D eigenvalue weighted by Gasteiger charge is -2.26. The van der Waals surface area contributed by atoms with E-state index < -0.39 is 5.92 Å². The zero-order valence-electron chi connectivity index (χ0n) is 25.1. The van der Waals surface area contributed by atoms with Gasteiger partial charge in [-0.3, -0.25) is 10.4 Å². The second-order valence-electron chi connectivity index (χ2n) is 10.9. The van der Waals surface area contributed by atoms with Crippen LogP contribution >= 0.6 is 11.6 Å². The van der Waals surface area contributed by atoms with E-state index in [4.69, 9.17) is 24.2 Å². The average molecular weight is 645 g/mol. The van der Waals surface area contributed by atoms with E-state index >= 15 is 0 Å². The number of amides is 1. The van der Waals surface area contributed by atoms with Gasteiger partial charge in [0.05, 0.1) is 18.1 Å². The molecule has 3 heterocycles. The molecule has 0 bridgehead atoms. The maximum Gasteiger partial charge on any atom is 0.333 e. The van der Waals surface area contributed by atoms with Crippen LogP contribution in [-0.2, 0) is 24.0 Å². The van der Waals surface area contributed by atoms with E-state index in [1.54, 1.807) is 47.8 Å². The number of amidine groups is 1. The highest BCUT2D eigenvalue weighted by Crippen LogP contribution is 2.31. The van der Waals surface area contributed by atoms with Crippen LogP contribution < -0.4 is 14.9 Å². The van der Waals surface area contributed by atoms with Crippen LogP contribution in [0.5, 0.6) is 0 Å². The Kier molecular flexibility index (Phi) is 8.96. The average Bonchev–Trinajstić information content (AvgIpc) is 3.06. The van der Waals surface area contributed by atoms with E-state index in [1.165, 1.54) is 4.57 Å². The number of nitrogens with zero attached hydrogens (tertiary/aromatic N) is 5. The van der Waals surface area contributed by atoms with E-state index in [0.29, 0.717) is 16.5 Å². The van der Waals surface area contributed by atoms with Crippen molar-refractivity contribution in [2.75, 3.05) is 4.90 Å². The molecule has 0 saturated heterocycles. The SMILES string of the molecule is Cc1cccc(C)c1N=C([S-])N/N=C/c1cccc(-c2cccc(C3C(=O)N(Cc4ccc(Cl)nc4)c4cccc[n+]4C3=O)c2)c1. The van der Waals surface area contributed by atoms with Crippen molar-refractivity contribution in [2.24, 2.45) is 10.1 Å². The number of nitrogens with one attached hydrogen (secondary N) is 1. The lowest BCUT2D eigenvalue weighted by atomic mass is 9.91. The molecule has 1 atom stereocenters. The summed E-state index contributed by atoms with van der Waals surface area (Å²) in [7, 11) is 0. The summed E-state index contributed by atoms with van der Waals surface area (Å²) in [6.45, 7) is 4.23. The lowest BCUT2D eigenvalue weighted by molar-refractivity contribution is -0.563. The van der Waals surface area contributed by atoms with Crippen molar-refractivity contribution in [2.45, 2.75) is 26.3 Å². The van der Waals surface area contributed by atoms with Crippen LogP contribution in [0, 0.1) is 13.8 Å². The lowest BCUT2D eigenvalue weighted by Crippen LogP contribution is -2.59. The third-order valence-corrected chi connectivity index (χ3v) is 8.11. The quantitative estimate of drug-likeness (QED) is 0.0419. The molecule has 10 heteroatoms. The van der Waals surface area contributed by atoms with Crippen molar-refractivity contribution in [3.05, 3.63) is 142 Å². The standard InChI is InChI=1S/C36H29ClN6O2S/c1-23-8-5-9-24(2)33(23)40-36(46)41-39-21-25-10-6-11-27(18-25)28-12-7-13-29(19-28)32-34(44)42-17-4-3-14-31(42)43(35(32)45)22-26-15-16-30(37)38-20-26/h3-21,32H,22H2,1-2H3,(H-,40,41,46)/b39-21+. The summed E-state index contributed by atoms with van der Waals surface area (Å²) >= 11 is 11.4. The number of fused-ring (bicyclic) bond motifs is 1. The number of carbonyl (C=O) groups excluding carboxylic acids is 2. The summed E-state index contributed by atoms with van der Waals surface area (Å²) in [5.41, 5.74) is 9.73. The highest BCUT2D eigenvalue weighted by molar-refractivity contribution is 7.77. The summed E-state index contributed by atoms with van der Waals surface area (Å²) in [5, 5.41) is 4.92. The molecule has 3 aromatic carbocycles. The first-order valence-electron chi connectivity index (χ1n) is 14.6. The van der Waals surface area contributed by atoms with Gasteiger partial charge in [-0.15, -0.1) is 0 Å². The molecule has 0 fully saturated rings. The van der Waals surface area contributed by atoms with Gasteiger partial charge in [0.2, 0.25) is 0 Å². The summed E-state index contributed by atoms with van der Waals surface area (Å²) in [6.07, 6.45) is 4.99. The van der Waals surface area contributed by atoms with Crippen LogP contribution in [-0.4, -0.2) is 28.2 Å². The number of halogens is 1. The molecular weight excluding hydrogens is 616 g/mol. The van der Waals surface area contributed by atoms with Gasteiger partial charge >= 0.3 is 11.8 Å². The van der Waals surface area contributed by atoms with E-state index in [9.17, 15) is 9.59 Å². The van der Waals surface area contributed by atoms with E-state index in [-0.39, 0.29) is 23.5 Å². The largest absolute Gasteiger partial charge is 0.741 e. The van der Waals surface area contributed by atoms with E-state index in [2.05, 4.69) is 20.5 Å². The van der Waals surface area contributed by atoms with Gasteiger partial charge in [-0.1, -0.05) is 78.3 Å². The number of carbonyl (C=O) groups is 2. The molecular formula is C36H29ClN6O2S. The van der Waals surface area contributed by atoms with E-state index in [0.717, 1.165) is 39.1 Å². The molecule has 46 heavy (non-hydrogen) atoms. The molecule has 6 rings (SSSR count). The molecule has 1 N–H and O–H groups in total. The molecule has 1 unspecified atom stereocenters. The van der Waals surface area contributed by atoms with Crippen LogP contribution in [0.4, 0.5) is 11.5 Å². The Morgan fingerprint density at radius 2 is 1.70 bits per heavy atom. The number of benzene rings is 3. The number of aryl methyl sites for hydroxylation is 2. The maximum absolute atomic E-state index is 14.0. The van der Waals surface area contributed by atoms with Gasteiger partial charge in [-0.25, -0.2) is 14.6 Å². The summed E-state index contributed by atoms with van der Waals surface area (Å²) < 4.78 is 1.53. The summed E-state index contributed by atoms with van der Waals surface area (Å²) in [5.74, 6) is -1.13. The van der Waals surface area contributed by atoms with Gasteiger partial charge in [0.25, 0.3) is 5.82 Å². The highest BCUT2D eigenvalue weighted by atomic mass is 35.5. The zero-order chi connectivity index (χ0) is 32.2. The van der Waals surface area contributed by atoms with Crippen molar-refractivity contribution in [1.82, 2.24) is 10.4 Å². The molecule has 0 radical (unpaired) electrons. The van der Waals surface area contributed by atoms with Crippen LogP contribution in [0.1, 0.15) is 38.5 Å². The molecule has 8 nitrogen and oxygen atoms in total. The predicted octanol–water partition coefficient (Wildman–Crippen LogP) is 6.44. The predicted molar refractivity (Wildman–Crippen MR) is 183 cm³/mol. The molecule has 2 aromatic heterocycles. The third kappa shape index (κ3) is 6.56. The van der Waals surface area contributed by atoms with Crippen LogP contribution in [0.3, 0.4) is 0 Å². The number of para-hydroxylation sites is 1. The van der Waals surface area contributed by atoms with Gasteiger partial charge < -0.3 is 12.6 Å². The number of anilines is 1. The van der Waals surface area contributed by atoms with Crippen molar-refractivity contribution < 1.29 is 14.2 Å². The first-order valence-corrected chi connectivity index (χ1v) is 15.4. The number of hydrazone groups is 1. The zero-order valence-corrected chi connectivity index (χ0v) is 26.7. The molecule has 0 saturated carbocycles. The monoisotopic (exact) mass is 644 g/mol. The minimum absolute atomic E-state index is 0.243. The number of aliphatic imine (C=N–C) groups is 1. The number of pyridine rings is 2. The fourth-order valence-electron chi connectivity index (χ4n) is 5.45. The number of hydrogen-bond acceptors (Lipinski definition) is 6.